The molecule has 2 atom stereocenters. The molecule has 0 radical (unpaired) electrons. The molecule has 1 aromatic heterocycles. The zero-order valence-corrected chi connectivity index (χ0v) is 12.5. The summed E-state index contributed by atoms with van der Waals surface area (Å²) in [5, 5.41) is 4.28. The van der Waals surface area contributed by atoms with Gasteiger partial charge in [-0.05, 0) is 25.5 Å². The summed E-state index contributed by atoms with van der Waals surface area (Å²) in [5.74, 6) is 7.16. The molecule has 1 aromatic rings. The summed E-state index contributed by atoms with van der Waals surface area (Å²) in [4.78, 5) is 8.56. The number of hydrogen-bond acceptors (Lipinski definition) is 6. The molecule has 1 heterocycles. The Balaban J connectivity index is 2.17. The fourth-order valence-corrected chi connectivity index (χ4v) is 3.65. The van der Waals surface area contributed by atoms with Crippen LogP contribution in [0.2, 0.25) is 0 Å². The second-order valence-corrected chi connectivity index (χ2v) is 5.93. The van der Waals surface area contributed by atoms with E-state index < -0.39 is 0 Å². The highest BCUT2D eigenvalue weighted by atomic mass is 32.2. The largest absolute Gasteiger partial charge is 0.366 e. The van der Waals surface area contributed by atoms with E-state index in [1.807, 2.05) is 11.8 Å². The molecule has 0 spiro atoms. The number of nitrogen functional groups attached to an aromatic ring is 1. The van der Waals surface area contributed by atoms with Gasteiger partial charge in [0.2, 0.25) is 0 Å². The Morgan fingerprint density at radius 1 is 1.32 bits per heavy atom. The predicted octanol–water partition coefficient (Wildman–Crippen LogP) is 2.41. The minimum atomic E-state index is 0.495. The van der Waals surface area contributed by atoms with Gasteiger partial charge in [0, 0.05) is 16.9 Å². The van der Waals surface area contributed by atoms with Crippen LogP contribution in [0.15, 0.2) is 6.33 Å². The fraction of sp³-hybridized carbons (Fsp3) is 0.692. The Bertz CT molecular complexity index is 412. The van der Waals surface area contributed by atoms with Crippen LogP contribution in [0.1, 0.15) is 38.2 Å². The molecule has 19 heavy (non-hydrogen) atoms. The van der Waals surface area contributed by atoms with Gasteiger partial charge in [0.15, 0.2) is 0 Å². The second-order valence-electron chi connectivity index (χ2n) is 4.86. The Labute approximate surface area is 119 Å². The van der Waals surface area contributed by atoms with Crippen LogP contribution in [0, 0.1) is 0 Å². The van der Waals surface area contributed by atoms with E-state index in [1.165, 1.54) is 25.7 Å². The molecule has 1 saturated carbocycles. The molecule has 1 aliphatic carbocycles. The van der Waals surface area contributed by atoms with Gasteiger partial charge in [-0.3, -0.25) is 0 Å². The van der Waals surface area contributed by atoms with E-state index in [2.05, 4.69) is 33.9 Å². The zero-order valence-electron chi connectivity index (χ0n) is 11.6. The summed E-state index contributed by atoms with van der Waals surface area (Å²) in [6.07, 6.45) is 9.75. The summed E-state index contributed by atoms with van der Waals surface area (Å²) < 4.78 is 0. The summed E-state index contributed by atoms with van der Waals surface area (Å²) >= 11 is 1.95. The zero-order chi connectivity index (χ0) is 13.7. The Kier molecular flexibility index (Phi) is 5.27. The second kappa shape index (κ2) is 6.96. The van der Waals surface area contributed by atoms with E-state index >= 15 is 0 Å². The first-order valence-corrected chi connectivity index (χ1v) is 8.18. The van der Waals surface area contributed by atoms with Crippen LogP contribution in [0.25, 0.3) is 0 Å². The fourth-order valence-electron chi connectivity index (χ4n) is 2.72. The predicted molar refractivity (Wildman–Crippen MR) is 82.4 cm³/mol. The molecule has 0 bridgehead atoms. The number of nitrogens with two attached hydrogens (primary N) is 1. The van der Waals surface area contributed by atoms with Gasteiger partial charge in [-0.2, -0.15) is 11.8 Å². The van der Waals surface area contributed by atoms with Crippen molar-refractivity contribution in [3.05, 3.63) is 11.9 Å². The molecule has 2 rings (SSSR count). The standard InChI is InChI=1S/C13H23N5S/c1-3-9-12(15-8-16-13(9)18-14)17-10-6-4-5-7-11(10)19-2/h8,10-11H,3-7,14H2,1-2H3,(H2,15,16,17,18). The molecular weight excluding hydrogens is 258 g/mol. The van der Waals surface area contributed by atoms with E-state index in [0.717, 1.165) is 23.6 Å². The number of nitrogens with one attached hydrogen (secondary N) is 2. The summed E-state index contributed by atoms with van der Waals surface area (Å²) in [5.41, 5.74) is 3.72. The van der Waals surface area contributed by atoms with Crippen molar-refractivity contribution in [2.24, 2.45) is 5.84 Å². The molecular formula is C13H23N5S. The number of thioether (sulfide) groups is 1. The van der Waals surface area contributed by atoms with Crippen molar-refractivity contribution in [2.45, 2.75) is 50.3 Å². The first-order valence-electron chi connectivity index (χ1n) is 6.90. The lowest BCUT2D eigenvalue weighted by atomic mass is 9.94. The Hall–Kier alpha value is -1.01. The van der Waals surface area contributed by atoms with Crippen molar-refractivity contribution in [1.29, 1.82) is 0 Å². The van der Waals surface area contributed by atoms with E-state index in [9.17, 15) is 0 Å². The molecule has 2 unspecified atom stereocenters. The smallest absolute Gasteiger partial charge is 0.148 e. The maximum atomic E-state index is 5.51. The molecule has 0 saturated heterocycles. The van der Waals surface area contributed by atoms with Gasteiger partial charge in [0.25, 0.3) is 0 Å². The Morgan fingerprint density at radius 2 is 2.05 bits per heavy atom. The lowest BCUT2D eigenvalue weighted by Crippen LogP contribution is -2.35. The number of rotatable bonds is 5. The minimum Gasteiger partial charge on any atom is -0.366 e. The Morgan fingerprint density at radius 3 is 2.74 bits per heavy atom. The summed E-state index contributed by atoms with van der Waals surface area (Å²) in [6.45, 7) is 2.09. The first-order chi connectivity index (χ1) is 9.30. The van der Waals surface area contributed by atoms with Crippen LogP contribution in [-0.2, 0) is 6.42 Å². The average Bonchev–Trinajstić information content (AvgIpc) is 2.47. The molecule has 6 heteroatoms. The number of hydrogen-bond donors (Lipinski definition) is 3. The van der Waals surface area contributed by atoms with Crippen molar-refractivity contribution in [3.8, 4) is 0 Å². The van der Waals surface area contributed by atoms with Gasteiger partial charge in [0.05, 0.1) is 0 Å². The molecule has 1 fully saturated rings. The van der Waals surface area contributed by atoms with E-state index in [-0.39, 0.29) is 0 Å². The molecule has 106 valence electrons. The molecule has 1 aliphatic rings. The summed E-state index contributed by atoms with van der Waals surface area (Å²) in [7, 11) is 0. The molecule has 0 amide bonds. The van der Waals surface area contributed by atoms with Gasteiger partial charge >= 0.3 is 0 Å². The van der Waals surface area contributed by atoms with Crippen LogP contribution < -0.4 is 16.6 Å². The average molecular weight is 281 g/mol. The SMILES string of the molecule is CCc1c(NN)ncnc1NC1CCCCC1SC. The quantitative estimate of drug-likeness (QED) is 0.568. The van der Waals surface area contributed by atoms with Crippen LogP contribution in [0.5, 0.6) is 0 Å². The minimum absolute atomic E-state index is 0.495. The van der Waals surface area contributed by atoms with E-state index in [1.54, 1.807) is 6.33 Å². The monoisotopic (exact) mass is 281 g/mol. The molecule has 4 N–H and O–H groups in total. The van der Waals surface area contributed by atoms with Gasteiger partial charge in [-0.25, -0.2) is 15.8 Å². The third-order valence-corrected chi connectivity index (χ3v) is 4.93. The highest BCUT2D eigenvalue weighted by Gasteiger charge is 2.25. The van der Waals surface area contributed by atoms with E-state index in [0.29, 0.717) is 11.3 Å². The van der Waals surface area contributed by atoms with Crippen molar-refractivity contribution < 1.29 is 0 Å². The van der Waals surface area contributed by atoms with Crippen molar-refractivity contribution in [3.63, 3.8) is 0 Å². The van der Waals surface area contributed by atoms with Crippen molar-refractivity contribution >= 4 is 23.4 Å². The molecule has 0 aromatic carbocycles. The highest BCUT2D eigenvalue weighted by Crippen LogP contribution is 2.30. The molecule has 0 aliphatic heterocycles. The highest BCUT2D eigenvalue weighted by molar-refractivity contribution is 7.99. The topological polar surface area (TPSA) is 75.9 Å². The van der Waals surface area contributed by atoms with Gasteiger partial charge in [-0.15, -0.1) is 0 Å². The molecule has 5 nitrogen and oxygen atoms in total. The van der Waals surface area contributed by atoms with Gasteiger partial charge < -0.3 is 10.7 Å². The van der Waals surface area contributed by atoms with Gasteiger partial charge in [-0.1, -0.05) is 19.8 Å². The lowest BCUT2D eigenvalue weighted by Gasteiger charge is -2.32. The van der Waals surface area contributed by atoms with Crippen molar-refractivity contribution in [2.75, 3.05) is 17.0 Å². The van der Waals surface area contributed by atoms with E-state index in [4.69, 9.17) is 5.84 Å². The van der Waals surface area contributed by atoms with Gasteiger partial charge in [0.1, 0.15) is 18.0 Å². The van der Waals surface area contributed by atoms with Crippen LogP contribution >= 0.6 is 11.8 Å². The number of aromatic nitrogens is 2. The number of anilines is 2. The van der Waals surface area contributed by atoms with Crippen LogP contribution in [-0.4, -0.2) is 27.5 Å². The maximum absolute atomic E-state index is 5.51. The van der Waals surface area contributed by atoms with Crippen LogP contribution in [0.4, 0.5) is 11.6 Å². The summed E-state index contributed by atoms with van der Waals surface area (Å²) in [6, 6.07) is 0.495. The van der Waals surface area contributed by atoms with Crippen LogP contribution in [0.3, 0.4) is 0 Å². The third-order valence-electron chi connectivity index (χ3n) is 3.76. The lowest BCUT2D eigenvalue weighted by molar-refractivity contribution is 0.474. The third kappa shape index (κ3) is 3.30. The number of hydrazine groups is 1. The van der Waals surface area contributed by atoms with Crippen molar-refractivity contribution in [1.82, 2.24) is 9.97 Å². The number of nitrogens with zero attached hydrogens (tertiary/aromatic N) is 2. The first kappa shape index (κ1) is 14.4. The normalized spacial score (nSPS) is 23.1. The maximum Gasteiger partial charge on any atom is 0.148 e.